The quantitative estimate of drug-likeness (QED) is 0.769. The summed E-state index contributed by atoms with van der Waals surface area (Å²) in [6.07, 6.45) is 2.33. The van der Waals surface area contributed by atoms with Crippen LogP contribution >= 0.6 is 0 Å². The first-order chi connectivity index (χ1) is 7.25. The SMILES string of the molecule is CC(=O)NCc1ccc2c(c1)CCCN2. The maximum Gasteiger partial charge on any atom is 0.217 e. The molecule has 0 spiro atoms. The smallest absolute Gasteiger partial charge is 0.217 e. The zero-order chi connectivity index (χ0) is 10.7. The lowest BCUT2D eigenvalue weighted by atomic mass is 10.0. The molecule has 0 unspecified atom stereocenters. The Morgan fingerprint density at radius 2 is 2.40 bits per heavy atom. The highest BCUT2D eigenvalue weighted by molar-refractivity contribution is 5.72. The topological polar surface area (TPSA) is 41.1 Å². The van der Waals surface area contributed by atoms with Gasteiger partial charge in [-0.15, -0.1) is 0 Å². The number of amides is 1. The first-order valence-electron chi connectivity index (χ1n) is 5.36. The first kappa shape index (κ1) is 10.0. The molecule has 15 heavy (non-hydrogen) atoms. The lowest BCUT2D eigenvalue weighted by Gasteiger charge is -2.18. The van der Waals surface area contributed by atoms with Gasteiger partial charge in [0.1, 0.15) is 0 Å². The minimum atomic E-state index is 0.0193. The molecule has 80 valence electrons. The monoisotopic (exact) mass is 204 g/mol. The van der Waals surface area contributed by atoms with Gasteiger partial charge in [-0.25, -0.2) is 0 Å². The predicted octanol–water partition coefficient (Wildman–Crippen LogP) is 1.68. The van der Waals surface area contributed by atoms with Crippen molar-refractivity contribution in [2.45, 2.75) is 26.3 Å². The largest absolute Gasteiger partial charge is 0.385 e. The van der Waals surface area contributed by atoms with Gasteiger partial charge in [0, 0.05) is 25.7 Å². The van der Waals surface area contributed by atoms with E-state index in [0.29, 0.717) is 6.54 Å². The van der Waals surface area contributed by atoms with Gasteiger partial charge >= 0.3 is 0 Å². The van der Waals surface area contributed by atoms with Crippen LogP contribution in [0.2, 0.25) is 0 Å². The highest BCUT2D eigenvalue weighted by Gasteiger charge is 2.08. The normalized spacial score (nSPS) is 13.9. The summed E-state index contributed by atoms with van der Waals surface area (Å²) in [6, 6.07) is 6.34. The second-order valence-electron chi connectivity index (χ2n) is 3.93. The number of aryl methyl sites for hydroxylation is 1. The maximum absolute atomic E-state index is 10.8. The molecule has 3 heteroatoms. The van der Waals surface area contributed by atoms with Crippen molar-refractivity contribution in [3.8, 4) is 0 Å². The van der Waals surface area contributed by atoms with E-state index < -0.39 is 0 Å². The van der Waals surface area contributed by atoms with Crippen molar-refractivity contribution in [3.05, 3.63) is 29.3 Å². The minimum Gasteiger partial charge on any atom is -0.385 e. The van der Waals surface area contributed by atoms with Gasteiger partial charge in [0.05, 0.1) is 0 Å². The van der Waals surface area contributed by atoms with Crippen LogP contribution in [0.3, 0.4) is 0 Å². The van der Waals surface area contributed by atoms with Crippen LogP contribution in [0, 0.1) is 0 Å². The van der Waals surface area contributed by atoms with Crippen LogP contribution < -0.4 is 10.6 Å². The highest BCUT2D eigenvalue weighted by Crippen LogP contribution is 2.22. The minimum absolute atomic E-state index is 0.0193. The molecule has 3 nitrogen and oxygen atoms in total. The number of benzene rings is 1. The summed E-state index contributed by atoms with van der Waals surface area (Å²) < 4.78 is 0. The van der Waals surface area contributed by atoms with E-state index in [9.17, 15) is 4.79 Å². The van der Waals surface area contributed by atoms with E-state index in [1.165, 1.54) is 23.2 Å². The number of nitrogens with one attached hydrogen (secondary N) is 2. The van der Waals surface area contributed by atoms with Crippen LogP contribution in [0.5, 0.6) is 0 Å². The third kappa shape index (κ3) is 2.49. The van der Waals surface area contributed by atoms with Gasteiger partial charge in [-0.05, 0) is 30.0 Å². The standard InChI is InChI=1S/C12H16N2O/c1-9(15)14-8-10-4-5-12-11(7-10)3-2-6-13-12/h4-5,7,13H,2-3,6,8H2,1H3,(H,14,15). The lowest BCUT2D eigenvalue weighted by Crippen LogP contribution is -2.19. The third-order valence-corrected chi connectivity index (χ3v) is 2.65. The second-order valence-corrected chi connectivity index (χ2v) is 3.93. The summed E-state index contributed by atoms with van der Waals surface area (Å²) in [5.74, 6) is 0.0193. The number of hydrogen-bond donors (Lipinski definition) is 2. The Labute approximate surface area is 89.9 Å². The Morgan fingerprint density at radius 1 is 1.53 bits per heavy atom. The van der Waals surface area contributed by atoms with E-state index in [1.807, 2.05) is 0 Å². The van der Waals surface area contributed by atoms with Crippen molar-refractivity contribution in [3.63, 3.8) is 0 Å². The summed E-state index contributed by atoms with van der Waals surface area (Å²) in [6.45, 7) is 3.24. The fourth-order valence-corrected chi connectivity index (χ4v) is 1.86. The molecule has 0 radical (unpaired) electrons. The van der Waals surface area contributed by atoms with Crippen molar-refractivity contribution in [2.75, 3.05) is 11.9 Å². The Kier molecular flexibility index (Phi) is 2.90. The van der Waals surface area contributed by atoms with Crippen LogP contribution in [0.1, 0.15) is 24.5 Å². The van der Waals surface area contributed by atoms with Crippen LogP contribution in [-0.2, 0) is 17.8 Å². The molecule has 1 aromatic rings. The van der Waals surface area contributed by atoms with Crippen molar-refractivity contribution in [1.29, 1.82) is 0 Å². The number of hydrogen-bond acceptors (Lipinski definition) is 2. The molecule has 1 aromatic carbocycles. The average molecular weight is 204 g/mol. The summed E-state index contributed by atoms with van der Waals surface area (Å²) in [7, 11) is 0. The molecule has 0 aromatic heterocycles. The van der Waals surface area contributed by atoms with E-state index in [4.69, 9.17) is 0 Å². The van der Waals surface area contributed by atoms with Crippen molar-refractivity contribution >= 4 is 11.6 Å². The fraction of sp³-hybridized carbons (Fsp3) is 0.417. The zero-order valence-corrected chi connectivity index (χ0v) is 8.97. The summed E-state index contributed by atoms with van der Waals surface area (Å²) in [4.78, 5) is 10.8. The first-order valence-corrected chi connectivity index (χ1v) is 5.36. The molecule has 0 saturated heterocycles. The predicted molar refractivity (Wildman–Crippen MR) is 60.8 cm³/mol. The lowest BCUT2D eigenvalue weighted by molar-refractivity contribution is -0.119. The Hall–Kier alpha value is -1.51. The van der Waals surface area contributed by atoms with Gasteiger partial charge in [0.25, 0.3) is 0 Å². The number of rotatable bonds is 2. The fourth-order valence-electron chi connectivity index (χ4n) is 1.86. The molecule has 1 heterocycles. The molecule has 0 saturated carbocycles. The van der Waals surface area contributed by atoms with Crippen LogP contribution in [0.25, 0.3) is 0 Å². The number of carbonyl (C=O) groups is 1. The number of fused-ring (bicyclic) bond motifs is 1. The van der Waals surface area contributed by atoms with E-state index in [2.05, 4.69) is 28.8 Å². The summed E-state index contributed by atoms with van der Waals surface area (Å²) in [5, 5.41) is 6.18. The highest BCUT2D eigenvalue weighted by atomic mass is 16.1. The number of anilines is 1. The van der Waals surface area contributed by atoms with Gasteiger partial charge < -0.3 is 10.6 Å². The average Bonchev–Trinajstić information content (AvgIpc) is 2.26. The van der Waals surface area contributed by atoms with Crippen molar-refractivity contribution in [2.24, 2.45) is 0 Å². The molecular weight excluding hydrogens is 188 g/mol. The van der Waals surface area contributed by atoms with Crippen LogP contribution in [0.4, 0.5) is 5.69 Å². The van der Waals surface area contributed by atoms with E-state index in [-0.39, 0.29) is 5.91 Å². The van der Waals surface area contributed by atoms with Gasteiger partial charge in [-0.2, -0.15) is 0 Å². The molecule has 1 aliphatic rings. The molecule has 1 aliphatic heterocycles. The van der Waals surface area contributed by atoms with Gasteiger partial charge in [0.2, 0.25) is 5.91 Å². The van der Waals surface area contributed by atoms with E-state index in [1.54, 1.807) is 6.92 Å². The summed E-state index contributed by atoms with van der Waals surface area (Å²) >= 11 is 0. The number of carbonyl (C=O) groups excluding carboxylic acids is 1. The van der Waals surface area contributed by atoms with Crippen molar-refractivity contribution < 1.29 is 4.79 Å². The summed E-state index contributed by atoms with van der Waals surface area (Å²) in [5.41, 5.74) is 3.78. The third-order valence-electron chi connectivity index (χ3n) is 2.65. The van der Waals surface area contributed by atoms with Crippen LogP contribution in [-0.4, -0.2) is 12.5 Å². The molecule has 0 bridgehead atoms. The molecule has 0 fully saturated rings. The second kappa shape index (κ2) is 4.34. The van der Waals surface area contributed by atoms with E-state index >= 15 is 0 Å². The maximum atomic E-state index is 10.8. The molecular formula is C12H16N2O. The zero-order valence-electron chi connectivity index (χ0n) is 8.97. The Balaban J connectivity index is 2.10. The van der Waals surface area contributed by atoms with Gasteiger partial charge in [-0.3, -0.25) is 4.79 Å². The molecule has 2 N–H and O–H groups in total. The van der Waals surface area contributed by atoms with Gasteiger partial charge in [-0.1, -0.05) is 12.1 Å². The molecule has 2 rings (SSSR count). The Morgan fingerprint density at radius 3 is 3.20 bits per heavy atom. The Bertz CT molecular complexity index is 374. The molecule has 0 atom stereocenters. The molecule has 0 aliphatic carbocycles. The van der Waals surface area contributed by atoms with Crippen molar-refractivity contribution in [1.82, 2.24) is 5.32 Å². The van der Waals surface area contributed by atoms with E-state index in [0.717, 1.165) is 13.0 Å². The van der Waals surface area contributed by atoms with Crippen LogP contribution in [0.15, 0.2) is 18.2 Å². The van der Waals surface area contributed by atoms with Gasteiger partial charge in [0.15, 0.2) is 0 Å². The molecule has 1 amide bonds.